The second-order valence-electron chi connectivity index (χ2n) is 8.43. The van der Waals surface area contributed by atoms with Crippen LogP contribution in [-0.4, -0.2) is 43.8 Å². The van der Waals surface area contributed by atoms with Crippen molar-refractivity contribution in [3.05, 3.63) is 36.7 Å². The fraction of sp³-hybridized carbons (Fsp3) is 0.429. The zero-order valence-corrected chi connectivity index (χ0v) is 18.0. The molecule has 30 heavy (non-hydrogen) atoms. The number of hydrogen-bond acceptors (Lipinski definition) is 7. The number of rotatable bonds is 6. The van der Waals surface area contributed by atoms with Crippen LogP contribution in [0.3, 0.4) is 0 Å². The van der Waals surface area contributed by atoms with Crippen LogP contribution in [-0.2, 0) is 4.74 Å². The zero-order chi connectivity index (χ0) is 21.9. The van der Waals surface area contributed by atoms with E-state index >= 15 is 0 Å². The average Bonchev–Trinajstić information content (AvgIpc) is 2.99. The minimum absolute atomic E-state index is 0.0582. The normalized spacial score (nSPS) is 12.7. The Morgan fingerprint density at radius 2 is 1.97 bits per heavy atom. The van der Waals surface area contributed by atoms with Crippen molar-refractivity contribution in [3.63, 3.8) is 0 Å². The van der Waals surface area contributed by atoms with E-state index in [2.05, 4.69) is 39.4 Å². The molecule has 1 atom stereocenters. The Kier molecular flexibility index (Phi) is 6.09. The second-order valence-corrected chi connectivity index (χ2v) is 8.43. The van der Waals surface area contributed by atoms with Crippen molar-refractivity contribution in [1.82, 2.24) is 24.8 Å². The number of nitrogens with one attached hydrogen (secondary N) is 2. The van der Waals surface area contributed by atoms with Gasteiger partial charge in [-0.3, -0.25) is 4.57 Å². The van der Waals surface area contributed by atoms with Gasteiger partial charge in [0, 0.05) is 18.7 Å². The van der Waals surface area contributed by atoms with E-state index in [-0.39, 0.29) is 12.0 Å². The first kappa shape index (κ1) is 21.4. The van der Waals surface area contributed by atoms with Crippen LogP contribution in [0.15, 0.2) is 36.7 Å². The van der Waals surface area contributed by atoms with E-state index in [4.69, 9.17) is 10.5 Å². The monoisotopic (exact) mass is 411 g/mol. The minimum Gasteiger partial charge on any atom is -0.444 e. The third-order valence-electron chi connectivity index (χ3n) is 4.47. The molecule has 0 aliphatic carbocycles. The molecule has 4 N–H and O–H groups in total. The molecule has 9 nitrogen and oxygen atoms in total. The maximum Gasteiger partial charge on any atom is 0.407 e. The van der Waals surface area contributed by atoms with Gasteiger partial charge in [-0.15, -0.1) is 0 Å². The number of carbonyl (C=O) groups excluding carboxylic acids is 1. The third-order valence-corrected chi connectivity index (χ3v) is 4.47. The van der Waals surface area contributed by atoms with Crippen LogP contribution in [0.25, 0.3) is 16.9 Å². The number of fused-ring (bicyclic) bond motifs is 1. The number of alkyl carbamates (subject to hydrolysis) is 1. The highest BCUT2D eigenvalue weighted by atomic mass is 16.6. The summed E-state index contributed by atoms with van der Waals surface area (Å²) in [5.74, 6) is 1.83. The fourth-order valence-corrected chi connectivity index (χ4v) is 2.98. The quantitative estimate of drug-likeness (QED) is 0.569. The molecule has 0 radical (unpaired) electrons. The van der Waals surface area contributed by atoms with Crippen molar-refractivity contribution in [1.29, 1.82) is 0 Å². The lowest BCUT2D eigenvalue weighted by Crippen LogP contribution is -2.42. The Morgan fingerprint density at radius 3 is 2.67 bits per heavy atom. The molecule has 3 aromatic rings. The van der Waals surface area contributed by atoms with Gasteiger partial charge in [0.2, 0.25) is 5.95 Å². The van der Waals surface area contributed by atoms with Crippen LogP contribution in [0.4, 0.5) is 16.6 Å². The third kappa shape index (κ3) is 5.16. The van der Waals surface area contributed by atoms with Crippen molar-refractivity contribution >= 4 is 28.9 Å². The molecule has 0 spiro atoms. The summed E-state index contributed by atoms with van der Waals surface area (Å²) in [7, 11) is 0. The summed E-state index contributed by atoms with van der Waals surface area (Å²) < 4.78 is 7.10. The van der Waals surface area contributed by atoms with Crippen LogP contribution in [0.1, 0.15) is 34.6 Å². The highest BCUT2D eigenvalue weighted by Crippen LogP contribution is 2.23. The SMILES string of the molecule is CC(C)[C@@H](CNC(=O)OC(C)(C)C)Nc1cc(-n2c(N)nc3ccccc32)ncn1. The van der Waals surface area contributed by atoms with E-state index in [1.807, 2.05) is 51.1 Å². The number of nitrogens with zero attached hydrogens (tertiary/aromatic N) is 4. The number of para-hydroxylation sites is 2. The maximum atomic E-state index is 12.0. The Balaban J connectivity index is 1.77. The molecule has 0 saturated heterocycles. The number of carbonyl (C=O) groups is 1. The van der Waals surface area contributed by atoms with Gasteiger partial charge in [-0.25, -0.2) is 19.7 Å². The molecule has 3 rings (SSSR count). The molecule has 2 heterocycles. The summed E-state index contributed by atoms with van der Waals surface area (Å²) in [5.41, 5.74) is 7.25. The predicted molar refractivity (Wildman–Crippen MR) is 118 cm³/mol. The number of benzene rings is 1. The first-order chi connectivity index (χ1) is 14.1. The number of nitrogens with two attached hydrogens (primary N) is 1. The van der Waals surface area contributed by atoms with Gasteiger partial charge in [0.25, 0.3) is 0 Å². The molecule has 0 bridgehead atoms. The number of hydrogen-bond donors (Lipinski definition) is 3. The van der Waals surface area contributed by atoms with Crippen molar-refractivity contribution in [2.75, 3.05) is 17.6 Å². The number of anilines is 2. The van der Waals surface area contributed by atoms with Gasteiger partial charge in [-0.1, -0.05) is 26.0 Å². The van der Waals surface area contributed by atoms with Gasteiger partial charge in [-0.05, 0) is 38.8 Å². The highest BCUT2D eigenvalue weighted by Gasteiger charge is 2.20. The van der Waals surface area contributed by atoms with Crippen LogP contribution < -0.4 is 16.4 Å². The molecule has 0 fully saturated rings. The van der Waals surface area contributed by atoms with E-state index in [1.54, 1.807) is 4.57 Å². The van der Waals surface area contributed by atoms with Crippen LogP contribution in [0.5, 0.6) is 0 Å². The van der Waals surface area contributed by atoms with Gasteiger partial charge in [-0.2, -0.15) is 0 Å². The molecule has 2 aromatic heterocycles. The zero-order valence-electron chi connectivity index (χ0n) is 18.0. The van der Waals surface area contributed by atoms with E-state index in [0.717, 1.165) is 11.0 Å². The molecular formula is C21H29N7O2. The lowest BCUT2D eigenvalue weighted by Gasteiger charge is -2.25. The Labute approximate surface area is 176 Å². The standard InChI is InChI=1S/C21H29N7O2/c1-13(2)15(11-23-20(29)30-21(3,4)5)26-17-10-18(25-12-24-17)28-16-9-7-6-8-14(16)27-19(28)22/h6-10,12-13,15H,11H2,1-5H3,(H2,22,27)(H,23,29)(H,24,25,26)/t15-/m1/s1. The Morgan fingerprint density at radius 1 is 1.23 bits per heavy atom. The second kappa shape index (κ2) is 8.56. The number of imidazole rings is 1. The molecule has 0 aliphatic heterocycles. The van der Waals surface area contributed by atoms with Crippen molar-refractivity contribution in [2.45, 2.75) is 46.3 Å². The number of aromatic nitrogens is 4. The molecule has 1 aromatic carbocycles. The summed E-state index contributed by atoms with van der Waals surface area (Å²) in [5, 5.41) is 6.18. The van der Waals surface area contributed by atoms with Gasteiger partial charge >= 0.3 is 6.09 Å². The number of ether oxygens (including phenoxy) is 1. The molecular weight excluding hydrogens is 382 g/mol. The molecule has 0 aliphatic rings. The lowest BCUT2D eigenvalue weighted by molar-refractivity contribution is 0.0523. The summed E-state index contributed by atoms with van der Waals surface area (Å²) >= 11 is 0. The van der Waals surface area contributed by atoms with Gasteiger partial charge in [0.1, 0.15) is 23.6 Å². The first-order valence-corrected chi connectivity index (χ1v) is 9.93. The topological polar surface area (TPSA) is 120 Å². The summed E-state index contributed by atoms with van der Waals surface area (Å²) in [6, 6.07) is 9.44. The van der Waals surface area contributed by atoms with Gasteiger partial charge < -0.3 is 21.1 Å². The maximum absolute atomic E-state index is 12.0. The Hall–Kier alpha value is -3.36. The minimum atomic E-state index is -0.542. The van der Waals surface area contributed by atoms with Crippen LogP contribution in [0.2, 0.25) is 0 Å². The lowest BCUT2D eigenvalue weighted by atomic mass is 10.0. The molecule has 1 amide bonds. The van der Waals surface area contributed by atoms with Crippen molar-refractivity contribution < 1.29 is 9.53 Å². The van der Waals surface area contributed by atoms with E-state index < -0.39 is 11.7 Å². The molecule has 9 heteroatoms. The smallest absolute Gasteiger partial charge is 0.407 e. The molecule has 0 saturated carbocycles. The van der Waals surface area contributed by atoms with Gasteiger partial charge in [0.05, 0.1) is 11.0 Å². The first-order valence-electron chi connectivity index (χ1n) is 9.93. The molecule has 160 valence electrons. The van der Waals surface area contributed by atoms with Crippen LogP contribution >= 0.6 is 0 Å². The largest absolute Gasteiger partial charge is 0.444 e. The summed E-state index contributed by atoms with van der Waals surface area (Å²) in [6.45, 7) is 10.0. The number of nitrogen functional groups attached to an aromatic ring is 1. The molecule has 0 unspecified atom stereocenters. The summed E-state index contributed by atoms with van der Waals surface area (Å²) in [6.07, 6.45) is 1.03. The number of amides is 1. The van der Waals surface area contributed by atoms with E-state index in [0.29, 0.717) is 24.1 Å². The predicted octanol–water partition coefficient (Wildman–Crippen LogP) is 3.36. The highest BCUT2D eigenvalue weighted by molar-refractivity contribution is 5.80. The van der Waals surface area contributed by atoms with Crippen LogP contribution in [0, 0.1) is 5.92 Å². The van der Waals surface area contributed by atoms with Gasteiger partial charge in [0.15, 0.2) is 0 Å². The summed E-state index contributed by atoms with van der Waals surface area (Å²) in [4.78, 5) is 25.1. The Bertz CT molecular complexity index is 1020. The van der Waals surface area contributed by atoms with Crippen molar-refractivity contribution in [3.8, 4) is 5.82 Å². The van der Waals surface area contributed by atoms with Crippen molar-refractivity contribution in [2.24, 2.45) is 5.92 Å². The van der Waals surface area contributed by atoms with E-state index in [9.17, 15) is 4.79 Å². The average molecular weight is 412 g/mol. The van der Waals surface area contributed by atoms with E-state index in [1.165, 1.54) is 6.33 Å². The fourth-order valence-electron chi connectivity index (χ4n) is 2.98.